The van der Waals surface area contributed by atoms with Gasteiger partial charge in [-0.2, -0.15) is 4.39 Å². The summed E-state index contributed by atoms with van der Waals surface area (Å²) in [6, 6.07) is 6.59. The van der Waals surface area contributed by atoms with Crippen LogP contribution in [0, 0.1) is 29.2 Å². The van der Waals surface area contributed by atoms with Crippen molar-refractivity contribution in [3.63, 3.8) is 0 Å². The zero-order chi connectivity index (χ0) is 27.8. The van der Waals surface area contributed by atoms with Crippen molar-refractivity contribution in [2.24, 2.45) is 5.92 Å². The molecule has 0 unspecified atom stereocenters. The molecule has 2 aliphatic rings. The molecule has 2 fully saturated rings. The quantitative estimate of drug-likeness (QED) is 0.206. The summed E-state index contributed by atoms with van der Waals surface area (Å²) in [5, 5.41) is 0. The molecule has 2 aromatic rings. The maximum atomic E-state index is 15.2. The smallest absolute Gasteiger partial charge is 0.201 e. The standard InChI is InChI=1S/C33H42F4O2/c1-3-5-21-39-29-19-14-25(30(34)33(29)37)11-8-22-6-9-23(10-7-22)27-17-18-28(32(36)31(27)35)24-12-15-26(16-13-24)38-20-4-2/h8,11,14,17-19,22-24,26H,3-7,9-10,12-13,15-16,20-21H2,1-2H3/b11-8+. The molecule has 0 aromatic heterocycles. The molecule has 2 aliphatic carbocycles. The zero-order valence-corrected chi connectivity index (χ0v) is 23.3. The molecule has 0 bridgehead atoms. The highest BCUT2D eigenvalue weighted by Crippen LogP contribution is 2.41. The molecule has 0 saturated heterocycles. The van der Waals surface area contributed by atoms with Gasteiger partial charge in [0.15, 0.2) is 23.2 Å². The topological polar surface area (TPSA) is 18.5 Å². The highest BCUT2D eigenvalue weighted by molar-refractivity contribution is 5.52. The molecule has 2 nitrogen and oxygen atoms in total. The molecule has 0 heterocycles. The fourth-order valence-corrected chi connectivity index (χ4v) is 6.01. The molecule has 0 spiro atoms. The Labute approximate surface area is 230 Å². The summed E-state index contributed by atoms with van der Waals surface area (Å²) in [6.45, 7) is 5.20. The first kappa shape index (κ1) is 29.6. The molecule has 0 aliphatic heterocycles. The van der Waals surface area contributed by atoms with Crippen LogP contribution in [0.2, 0.25) is 0 Å². The number of rotatable bonds is 11. The Kier molecular flexibility index (Phi) is 10.9. The normalized spacial score (nSPS) is 23.8. The van der Waals surface area contributed by atoms with E-state index in [1.54, 1.807) is 18.2 Å². The van der Waals surface area contributed by atoms with Gasteiger partial charge >= 0.3 is 0 Å². The van der Waals surface area contributed by atoms with Crippen molar-refractivity contribution < 1.29 is 27.0 Å². The Balaban J connectivity index is 1.32. The number of hydrogen-bond acceptors (Lipinski definition) is 2. The van der Waals surface area contributed by atoms with E-state index in [1.165, 1.54) is 12.1 Å². The molecule has 39 heavy (non-hydrogen) atoms. The maximum absolute atomic E-state index is 15.2. The first-order valence-corrected chi connectivity index (χ1v) is 14.8. The number of ether oxygens (including phenoxy) is 2. The first-order chi connectivity index (χ1) is 18.9. The van der Waals surface area contributed by atoms with Crippen LogP contribution in [-0.4, -0.2) is 19.3 Å². The molecule has 214 valence electrons. The number of allylic oxidation sites excluding steroid dienone is 1. The Morgan fingerprint density at radius 2 is 1.31 bits per heavy atom. The Morgan fingerprint density at radius 1 is 0.692 bits per heavy atom. The molecular weight excluding hydrogens is 504 g/mol. The van der Waals surface area contributed by atoms with Gasteiger partial charge in [-0.3, -0.25) is 0 Å². The van der Waals surface area contributed by atoms with E-state index in [0.717, 1.165) is 77.2 Å². The van der Waals surface area contributed by atoms with Crippen molar-refractivity contribution in [2.75, 3.05) is 13.2 Å². The van der Waals surface area contributed by atoms with Gasteiger partial charge in [-0.1, -0.05) is 44.6 Å². The van der Waals surface area contributed by atoms with E-state index in [9.17, 15) is 8.78 Å². The van der Waals surface area contributed by atoms with Crippen molar-refractivity contribution in [1.82, 2.24) is 0 Å². The number of unbranched alkanes of at least 4 members (excludes halogenated alkanes) is 1. The van der Waals surface area contributed by atoms with Crippen LogP contribution >= 0.6 is 0 Å². The van der Waals surface area contributed by atoms with E-state index in [0.29, 0.717) is 17.7 Å². The van der Waals surface area contributed by atoms with E-state index in [1.807, 2.05) is 13.0 Å². The first-order valence-electron chi connectivity index (χ1n) is 14.8. The lowest BCUT2D eigenvalue weighted by molar-refractivity contribution is 0.0248. The largest absolute Gasteiger partial charge is 0.490 e. The second kappa shape index (κ2) is 14.3. The van der Waals surface area contributed by atoms with Crippen LogP contribution in [0.15, 0.2) is 30.3 Å². The minimum Gasteiger partial charge on any atom is -0.490 e. The van der Waals surface area contributed by atoms with Gasteiger partial charge in [0.25, 0.3) is 0 Å². The van der Waals surface area contributed by atoms with Crippen LogP contribution in [0.4, 0.5) is 17.6 Å². The van der Waals surface area contributed by atoms with Gasteiger partial charge in [0.05, 0.1) is 12.7 Å². The minimum absolute atomic E-state index is 0.0369. The monoisotopic (exact) mass is 546 g/mol. The summed E-state index contributed by atoms with van der Waals surface area (Å²) in [4.78, 5) is 0. The van der Waals surface area contributed by atoms with Gasteiger partial charge < -0.3 is 9.47 Å². The summed E-state index contributed by atoms with van der Waals surface area (Å²) in [6.07, 6.45) is 12.9. The molecule has 2 saturated carbocycles. The van der Waals surface area contributed by atoms with Gasteiger partial charge in [0.1, 0.15) is 0 Å². The lowest BCUT2D eigenvalue weighted by atomic mass is 9.77. The third-order valence-electron chi connectivity index (χ3n) is 8.41. The van der Waals surface area contributed by atoms with E-state index >= 15 is 8.78 Å². The lowest BCUT2D eigenvalue weighted by Crippen LogP contribution is -2.22. The summed E-state index contributed by atoms with van der Waals surface area (Å²) in [5.74, 6) is -3.14. The van der Waals surface area contributed by atoms with Gasteiger partial charge in [-0.15, -0.1) is 0 Å². The Bertz CT molecular complexity index is 1100. The number of halogens is 4. The number of benzene rings is 2. The predicted octanol–water partition coefficient (Wildman–Crippen LogP) is 9.86. The van der Waals surface area contributed by atoms with Crippen molar-refractivity contribution >= 4 is 6.08 Å². The summed E-state index contributed by atoms with van der Waals surface area (Å²) >= 11 is 0. The minimum atomic E-state index is -0.962. The van der Waals surface area contributed by atoms with Crippen LogP contribution in [0.3, 0.4) is 0 Å². The molecule has 0 N–H and O–H groups in total. The molecule has 6 heteroatoms. The van der Waals surface area contributed by atoms with Gasteiger partial charge in [-0.25, -0.2) is 13.2 Å². The van der Waals surface area contributed by atoms with Gasteiger partial charge in [0.2, 0.25) is 5.82 Å². The highest BCUT2D eigenvalue weighted by atomic mass is 19.2. The van der Waals surface area contributed by atoms with Crippen LogP contribution in [0.25, 0.3) is 6.08 Å². The Morgan fingerprint density at radius 3 is 1.90 bits per heavy atom. The SMILES string of the molecule is CCCCOc1ccc(/C=C/C2CCC(c3ccc(C4CCC(OCCC)CC4)c(F)c3F)CC2)c(F)c1F. The third kappa shape index (κ3) is 7.45. The number of hydrogen-bond donors (Lipinski definition) is 0. The van der Waals surface area contributed by atoms with Crippen molar-refractivity contribution in [3.05, 3.63) is 70.3 Å². The molecule has 0 radical (unpaired) electrons. The summed E-state index contributed by atoms with van der Waals surface area (Å²) in [7, 11) is 0. The molecule has 0 amide bonds. The molecule has 0 atom stereocenters. The maximum Gasteiger partial charge on any atom is 0.201 e. The van der Waals surface area contributed by atoms with Gasteiger partial charge in [-0.05, 0) is 105 Å². The third-order valence-corrected chi connectivity index (χ3v) is 8.41. The van der Waals surface area contributed by atoms with Crippen LogP contribution in [0.1, 0.15) is 113 Å². The average Bonchev–Trinajstić information content (AvgIpc) is 2.96. The summed E-state index contributed by atoms with van der Waals surface area (Å²) in [5.41, 5.74) is 1.15. The highest BCUT2D eigenvalue weighted by Gasteiger charge is 2.29. The fourth-order valence-electron chi connectivity index (χ4n) is 6.01. The Hall–Kier alpha value is -2.34. The van der Waals surface area contributed by atoms with E-state index in [4.69, 9.17) is 9.47 Å². The van der Waals surface area contributed by atoms with E-state index in [2.05, 4.69) is 6.92 Å². The molecule has 4 rings (SSSR count). The van der Waals surface area contributed by atoms with Gasteiger partial charge in [0, 0.05) is 12.2 Å². The van der Waals surface area contributed by atoms with Crippen LogP contribution < -0.4 is 4.74 Å². The zero-order valence-electron chi connectivity index (χ0n) is 23.3. The average molecular weight is 547 g/mol. The molecule has 2 aromatic carbocycles. The van der Waals surface area contributed by atoms with E-state index in [-0.39, 0.29) is 35.2 Å². The molecular formula is C33H42F4O2. The van der Waals surface area contributed by atoms with Crippen LogP contribution in [0.5, 0.6) is 5.75 Å². The van der Waals surface area contributed by atoms with Crippen molar-refractivity contribution in [3.8, 4) is 5.75 Å². The summed E-state index contributed by atoms with van der Waals surface area (Å²) < 4.78 is 70.5. The predicted molar refractivity (Wildman–Crippen MR) is 148 cm³/mol. The van der Waals surface area contributed by atoms with E-state index < -0.39 is 23.3 Å². The lowest BCUT2D eigenvalue weighted by Gasteiger charge is -2.30. The second-order valence-corrected chi connectivity index (χ2v) is 11.2. The van der Waals surface area contributed by atoms with Crippen molar-refractivity contribution in [1.29, 1.82) is 0 Å². The fraction of sp³-hybridized carbons (Fsp3) is 0.576. The van der Waals surface area contributed by atoms with Crippen LogP contribution in [-0.2, 0) is 4.74 Å². The second-order valence-electron chi connectivity index (χ2n) is 11.2. The van der Waals surface area contributed by atoms with Crippen molar-refractivity contribution in [2.45, 2.75) is 102 Å².